The molecule has 0 saturated carbocycles. The Hall–Kier alpha value is -0.770. The van der Waals surface area contributed by atoms with Gasteiger partial charge in [-0.3, -0.25) is 0 Å². The third-order valence-electron chi connectivity index (χ3n) is 2.14. The standard InChI is InChI=1S/C12H12BrF3/c1-9-8-10(4-2-3-7-13)5-6-11(9)12(14,15)16/h2,4-6,8H,3,7H2,1H3. The lowest BCUT2D eigenvalue weighted by Crippen LogP contribution is -2.07. The van der Waals surface area contributed by atoms with E-state index in [2.05, 4.69) is 15.9 Å². The first-order valence-electron chi connectivity index (χ1n) is 4.85. The number of hydrogen-bond donors (Lipinski definition) is 0. The van der Waals surface area contributed by atoms with E-state index in [9.17, 15) is 13.2 Å². The van der Waals surface area contributed by atoms with Crippen molar-refractivity contribution >= 4 is 22.0 Å². The maximum atomic E-state index is 12.5. The van der Waals surface area contributed by atoms with E-state index in [1.807, 2.05) is 12.2 Å². The molecule has 0 aliphatic heterocycles. The Labute approximate surface area is 101 Å². The number of alkyl halides is 4. The van der Waals surface area contributed by atoms with Crippen LogP contribution < -0.4 is 0 Å². The van der Waals surface area contributed by atoms with Gasteiger partial charge in [0.25, 0.3) is 0 Å². The maximum absolute atomic E-state index is 12.5. The molecule has 0 aromatic heterocycles. The first-order chi connectivity index (χ1) is 7.45. The summed E-state index contributed by atoms with van der Waals surface area (Å²) in [6, 6.07) is 4.16. The van der Waals surface area contributed by atoms with Gasteiger partial charge >= 0.3 is 6.18 Å². The molecule has 0 saturated heterocycles. The summed E-state index contributed by atoms with van der Waals surface area (Å²) in [6.07, 6.45) is 0.355. The van der Waals surface area contributed by atoms with Crippen LogP contribution in [0.3, 0.4) is 0 Å². The zero-order valence-electron chi connectivity index (χ0n) is 8.81. The highest BCUT2D eigenvalue weighted by Crippen LogP contribution is 2.32. The molecule has 0 radical (unpaired) electrons. The van der Waals surface area contributed by atoms with Crippen molar-refractivity contribution in [2.24, 2.45) is 0 Å². The third kappa shape index (κ3) is 3.67. The molecule has 0 nitrogen and oxygen atoms in total. The second-order valence-corrected chi connectivity index (χ2v) is 4.25. The van der Waals surface area contributed by atoms with Gasteiger partial charge in [-0.2, -0.15) is 13.2 Å². The fraction of sp³-hybridized carbons (Fsp3) is 0.333. The number of rotatable bonds is 3. The van der Waals surface area contributed by atoms with Gasteiger partial charge in [0.2, 0.25) is 0 Å². The van der Waals surface area contributed by atoms with Gasteiger partial charge in [-0.05, 0) is 30.5 Å². The topological polar surface area (TPSA) is 0 Å². The lowest BCUT2D eigenvalue weighted by atomic mass is 10.0. The van der Waals surface area contributed by atoms with E-state index in [-0.39, 0.29) is 5.56 Å². The number of allylic oxidation sites excluding steroid dienone is 1. The van der Waals surface area contributed by atoms with Crippen molar-refractivity contribution in [3.63, 3.8) is 0 Å². The molecule has 0 spiro atoms. The molecule has 0 N–H and O–H groups in total. The summed E-state index contributed by atoms with van der Waals surface area (Å²) in [7, 11) is 0. The molecule has 0 fully saturated rings. The molecular weight excluding hydrogens is 281 g/mol. The van der Waals surface area contributed by atoms with Gasteiger partial charge in [-0.15, -0.1) is 0 Å². The lowest BCUT2D eigenvalue weighted by molar-refractivity contribution is -0.138. The molecule has 0 aliphatic rings. The van der Waals surface area contributed by atoms with E-state index in [0.717, 1.165) is 23.4 Å². The van der Waals surface area contributed by atoms with Crippen LogP contribution in [0.15, 0.2) is 24.3 Å². The van der Waals surface area contributed by atoms with Crippen molar-refractivity contribution in [3.05, 3.63) is 41.0 Å². The van der Waals surface area contributed by atoms with Crippen LogP contribution in [0.25, 0.3) is 6.08 Å². The molecule has 0 aliphatic carbocycles. The zero-order valence-corrected chi connectivity index (χ0v) is 10.4. The Bertz CT molecular complexity index is 380. The smallest absolute Gasteiger partial charge is 0.166 e. The Morgan fingerprint density at radius 2 is 2.00 bits per heavy atom. The number of benzene rings is 1. The average Bonchev–Trinajstić information content (AvgIpc) is 2.16. The summed E-state index contributed by atoms with van der Waals surface area (Å²) in [5, 5.41) is 0.850. The molecule has 1 aromatic carbocycles. The predicted molar refractivity (Wildman–Crippen MR) is 63.6 cm³/mol. The summed E-state index contributed by atoms with van der Waals surface area (Å²) in [4.78, 5) is 0. The van der Waals surface area contributed by atoms with Gasteiger partial charge in [0.1, 0.15) is 0 Å². The van der Waals surface area contributed by atoms with Gasteiger partial charge < -0.3 is 0 Å². The average molecular weight is 293 g/mol. The third-order valence-corrected chi connectivity index (χ3v) is 2.60. The highest BCUT2D eigenvalue weighted by Gasteiger charge is 2.31. The second kappa shape index (κ2) is 5.53. The summed E-state index contributed by atoms with van der Waals surface area (Å²) in [5.41, 5.74) is 0.491. The van der Waals surface area contributed by atoms with Gasteiger partial charge in [-0.25, -0.2) is 0 Å². The highest BCUT2D eigenvalue weighted by atomic mass is 79.9. The molecule has 0 bridgehead atoms. The molecule has 0 unspecified atom stereocenters. The molecule has 88 valence electrons. The summed E-state index contributed by atoms with van der Waals surface area (Å²) in [5.74, 6) is 0. The first-order valence-corrected chi connectivity index (χ1v) is 5.97. The van der Waals surface area contributed by atoms with Gasteiger partial charge in [0.15, 0.2) is 0 Å². The number of aryl methyl sites for hydroxylation is 1. The SMILES string of the molecule is Cc1cc(C=CCCBr)ccc1C(F)(F)F. The molecule has 0 amide bonds. The predicted octanol–water partition coefficient (Wildman–Crippen LogP) is 4.81. The van der Waals surface area contributed by atoms with Crippen molar-refractivity contribution in [3.8, 4) is 0 Å². The molecule has 4 heteroatoms. The quantitative estimate of drug-likeness (QED) is 0.701. The van der Waals surface area contributed by atoms with Crippen LogP contribution in [0.2, 0.25) is 0 Å². The minimum Gasteiger partial charge on any atom is -0.166 e. The monoisotopic (exact) mass is 292 g/mol. The zero-order chi connectivity index (χ0) is 12.2. The summed E-state index contributed by atoms with van der Waals surface area (Å²) < 4.78 is 37.4. The van der Waals surface area contributed by atoms with E-state index in [1.165, 1.54) is 13.0 Å². The van der Waals surface area contributed by atoms with E-state index in [4.69, 9.17) is 0 Å². The van der Waals surface area contributed by atoms with Crippen LogP contribution >= 0.6 is 15.9 Å². The van der Waals surface area contributed by atoms with Gasteiger partial charge in [0, 0.05) is 5.33 Å². The van der Waals surface area contributed by atoms with Crippen LogP contribution in [0.1, 0.15) is 23.1 Å². The lowest BCUT2D eigenvalue weighted by Gasteiger charge is -2.10. The molecule has 1 rings (SSSR count). The minimum atomic E-state index is -4.26. The molecule has 0 heterocycles. The van der Waals surface area contributed by atoms with Crippen molar-refractivity contribution in [1.82, 2.24) is 0 Å². The molecule has 1 aromatic rings. The minimum absolute atomic E-state index is 0.258. The number of halogens is 4. The normalized spacial score (nSPS) is 12.3. The van der Waals surface area contributed by atoms with Crippen LogP contribution in [-0.2, 0) is 6.18 Å². The van der Waals surface area contributed by atoms with Gasteiger partial charge in [0.05, 0.1) is 5.56 Å². The van der Waals surface area contributed by atoms with Crippen molar-refractivity contribution in [2.75, 3.05) is 5.33 Å². The highest BCUT2D eigenvalue weighted by molar-refractivity contribution is 9.09. The van der Waals surface area contributed by atoms with Crippen LogP contribution in [0.4, 0.5) is 13.2 Å². The second-order valence-electron chi connectivity index (χ2n) is 3.45. The number of hydrogen-bond acceptors (Lipinski definition) is 0. The van der Waals surface area contributed by atoms with E-state index < -0.39 is 11.7 Å². The summed E-state index contributed by atoms with van der Waals surface area (Å²) >= 11 is 3.28. The van der Waals surface area contributed by atoms with Crippen molar-refractivity contribution in [1.29, 1.82) is 0 Å². The Morgan fingerprint density at radius 1 is 1.31 bits per heavy atom. The fourth-order valence-corrected chi connectivity index (χ4v) is 1.66. The summed E-state index contributed by atoms with van der Waals surface area (Å²) in [6.45, 7) is 1.48. The Morgan fingerprint density at radius 3 is 2.50 bits per heavy atom. The van der Waals surface area contributed by atoms with Crippen LogP contribution in [-0.4, -0.2) is 5.33 Å². The molecule has 16 heavy (non-hydrogen) atoms. The van der Waals surface area contributed by atoms with Crippen molar-refractivity contribution < 1.29 is 13.2 Å². The van der Waals surface area contributed by atoms with Crippen molar-refractivity contribution in [2.45, 2.75) is 19.5 Å². The Kier molecular flexibility index (Phi) is 4.59. The van der Waals surface area contributed by atoms with Gasteiger partial charge in [-0.1, -0.05) is 40.2 Å². The Balaban J connectivity index is 2.91. The van der Waals surface area contributed by atoms with E-state index in [0.29, 0.717) is 0 Å². The fourth-order valence-electron chi connectivity index (χ4n) is 1.39. The largest absolute Gasteiger partial charge is 0.416 e. The van der Waals surface area contributed by atoms with E-state index in [1.54, 1.807) is 6.07 Å². The maximum Gasteiger partial charge on any atom is 0.416 e. The van der Waals surface area contributed by atoms with E-state index >= 15 is 0 Å². The molecule has 0 atom stereocenters. The first kappa shape index (κ1) is 13.3. The molecular formula is C12H12BrF3. The van der Waals surface area contributed by atoms with Crippen LogP contribution in [0, 0.1) is 6.92 Å². The van der Waals surface area contributed by atoms with Crippen LogP contribution in [0.5, 0.6) is 0 Å².